The second-order valence-corrected chi connectivity index (χ2v) is 9.08. The standard InChI is InChI=1S/C27H33NO7/c1-27(2,3)35-25(31)22(15-16-29)23(24(30)33-4)18-28(17-20-11-7-5-8-12-20)26(32)34-19-21-13-9-6-10-14-21/h5-14,16,22-23H,15,17-19H2,1-4H3/t22-,23-/m0/s1. The number of methoxy groups -OCH3 is 1. The maximum absolute atomic E-state index is 13.1. The van der Waals surface area contributed by atoms with E-state index in [-0.39, 0.29) is 26.1 Å². The first-order valence-corrected chi connectivity index (χ1v) is 11.4. The van der Waals surface area contributed by atoms with Crippen LogP contribution < -0.4 is 0 Å². The minimum atomic E-state index is -1.13. The van der Waals surface area contributed by atoms with Crippen molar-refractivity contribution in [3.8, 4) is 0 Å². The van der Waals surface area contributed by atoms with Crippen molar-refractivity contribution in [3.63, 3.8) is 0 Å². The zero-order chi connectivity index (χ0) is 25.8. The van der Waals surface area contributed by atoms with Gasteiger partial charge in [-0.15, -0.1) is 0 Å². The number of aldehydes is 1. The molecule has 0 N–H and O–H groups in total. The van der Waals surface area contributed by atoms with Gasteiger partial charge in [0.15, 0.2) is 0 Å². The Balaban J connectivity index is 2.32. The molecule has 2 rings (SSSR count). The molecule has 0 bridgehead atoms. The van der Waals surface area contributed by atoms with Crippen LogP contribution in [-0.4, -0.2) is 48.5 Å². The quantitative estimate of drug-likeness (QED) is 0.269. The van der Waals surface area contributed by atoms with Crippen molar-refractivity contribution in [3.05, 3.63) is 71.8 Å². The number of carbonyl (C=O) groups is 4. The first-order chi connectivity index (χ1) is 16.6. The van der Waals surface area contributed by atoms with Gasteiger partial charge in [0.05, 0.1) is 18.9 Å². The summed E-state index contributed by atoms with van der Waals surface area (Å²) in [4.78, 5) is 51.5. The van der Waals surface area contributed by atoms with Crippen LogP contribution in [0.2, 0.25) is 0 Å². The second-order valence-electron chi connectivity index (χ2n) is 9.08. The lowest BCUT2D eigenvalue weighted by Crippen LogP contribution is -2.44. The Morgan fingerprint density at radius 1 is 0.886 bits per heavy atom. The average molecular weight is 484 g/mol. The van der Waals surface area contributed by atoms with Crippen molar-refractivity contribution in [2.45, 2.75) is 45.9 Å². The SMILES string of the molecule is COC(=O)[C@@H](CN(Cc1ccccc1)C(=O)OCc1ccccc1)[C@H](CC=O)C(=O)OC(C)(C)C. The lowest BCUT2D eigenvalue weighted by molar-refractivity contribution is -0.168. The van der Waals surface area contributed by atoms with Crippen LogP contribution in [0.3, 0.4) is 0 Å². The Bertz CT molecular complexity index is 970. The Morgan fingerprint density at radius 3 is 1.97 bits per heavy atom. The van der Waals surface area contributed by atoms with Crippen LogP contribution in [0.5, 0.6) is 0 Å². The molecule has 2 aromatic carbocycles. The normalized spacial score (nSPS) is 12.7. The highest BCUT2D eigenvalue weighted by Gasteiger charge is 2.39. The Hall–Kier alpha value is -3.68. The molecule has 0 spiro atoms. The maximum atomic E-state index is 13.1. The van der Waals surface area contributed by atoms with E-state index >= 15 is 0 Å². The van der Waals surface area contributed by atoms with Gasteiger partial charge in [-0.2, -0.15) is 0 Å². The zero-order valence-corrected chi connectivity index (χ0v) is 20.6. The van der Waals surface area contributed by atoms with E-state index in [1.165, 1.54) is 12.0 Å². The summed E-state index contributed by atoms with van der Waals surface area (Å²) in [5.41, 5.74) is 0.784. The highest BCUT2D eigenvalue weighted by molar-refractivity contribution is 5.84. The van der Waals surface area contributed by atoms with E-state index in [0.717, 1.165) is 11.1 Å². The molecule has 0 aliphatic heterocycles. The molecule has 0 saturated heterocycles. The van der Waals surface area contributed by atoms with Gasteiger partial charge in [0.25, 0.3) is 0 Å². The van der Waals surface area contributed by atoms with Gasteiger partial charge in [-0.25, -0.2) is 4.79 Å². The molecule has 0 fully saturated rings. The Morgan fingerprint density at radius 2 is 1.46 bits per heavy atom. The summed E-state index contributed by atoms with van der Waals surface area (Å²) in [5, 5.41) is 0. The first kappa shape index (κ1) is 27.6. The molecular formula is C27H33NO7. The third-order valence-corrected chi connectivity index (χ3v) is 5.15. The fourth-order valence-electron chi connectivity index (χ4n) is 3.48. The van der Waals surface area contributed by atoms with Crippen molar-refractivity contribution in [1.29, 1.82) is 0 Å². The predicted molar refractivity (Wildman–Crippen MR) is 129 cm³/mol. The molecule has 0 radical (unpaired) electrons. The van der Waals surface area contributed by atoms with Gasteiger partial charge < -0.3 is 23.9 Å². The number of hydrogen-bond donors (Lipinski definition) is 0. The zero-order valence-electron chi connectivity index (χ0n) is 20.6. The number of benzene rings is 2. The summed E-state index contributed by atoms with van der Waals surface area (Å²) < 4.78 is 15.9. The van der Waals surface area contributed by atoms with Crippen molar-refractivity contribution in [2.24, 2.45) is 11.8 Å². The lowest BCUT2D eigenvalue weighted by atomic mass is 9.89. The van der Waals surface area contributed by atoms with Crippen LogP contribution in [0, 0.1) is 11.8 Å². The van der Waals surface area contributed by atoms with E-state index < -0.39 is 35.5 Å². The third-order valence-electron chi connectivity index (χ3n) is 5.15. The van der Waals surface area contributed by atoms with Crippen LogP contribution in [-0.2, 0) is 41.7 Å². The van der Waals surface area contributed by atoms with Crippen molar-refractivity contribution < 1.29 is 33.4 Å². The van der Waals surface area contributed by atoms with E-state index in [0.29, 0.717) is 6.29 Å². The smallest absolute Gasteiger partial charge is 0.410 e. The molecule has 35 heavy (non-hydrogen) atoms. The maximum Gasteiger partial charge on any atom is 0.410 e. The number of ether oxygens (including phenoxy) is 3. The van der Waals surface area contributed by atoms with Crippen LogP contribution >= 0.6 is 0 Å². The molecule has 8 heteroatoms. The van der Waals surface area contributed by atoms with Crippen LogP contribution in [0.1, 0.15) is 38.3 Å². The predicted octanol–water partition coefficient (Wildman–Crippen LogP) is 4.16. The molecule has 0 heterocycles. The van der Waals surface area contributed by atoms with Crippen molar-refractivity contribution in [2.75, 3.05) is 13.7 Å². The van der Waals surface area contributed by atoms with Gasteiger partial charge >= 0.3 is 18.0 Å². The fourth-order valence-corrected chi connectivity index (χ4v) is 3.48. The highest BCUT2D eigenvalue weighted by atomic mass is 16.6. The van der Waals surface area contributed by atoms with Gasteiger partial charge in [0.2, 0.25) is 0 Å². The molecule has 8 nitrogen and oxygen atoms in total. The summed E-state index contributed by atoms with van der Waals surface area (Å²) >= 11 is 0. The molecule has 2 aromatic rings. The Labute approximate surface area is 206 Å². The lowest BCUT2D eigenvalue weighted by Gasteiger charge is -2.31. The number of carbonyl (C=O) groups excluding carboxylic acids is 4. The van der Waals surface area contributed by atoms with Crippen LogP contribution in [0.4, 0.5) is 4.79 Å². The second kappa shape index (κ2) is 13.3. The molecule has 0 saturated carbocycles. The number of esters is 2. The highest BCUT2D eigenvalue weighted by Crippen LogP contribution is 2.24. The van der Waals surface area contributed by atoms with Crippen LogP contribution in [0.25, 0.3) is 0 Å². The minimum Gasteiger partial charge on any atom is -0.469 e. The summed E-state index contributed by atoms with van der Waals surface area (Å²) in [6.45, 7) is 5.05. The van der Waals surface area contributed by atoms with Gasteiger partial charge in [-0.1, -0.05) is 60.7 Å². The largest absolute Gasteiger partial charge is 0.469 e. The van der Waals surface area contributed by atoms with E-state index in [1.54, 1.807) is 20.8 Å². The van der Waals surface area contributed by atoms with Gasteiger partial charge in [0.1, 0.15) is 18.5 Å². The molecule has 0 aliphatic rings. The molecule has 188 valence electrons. The average Bonchev–Trinajstić information content (AvgIpc) is 2.83. The summed E-state index contributed by atoms with van der Waals surface area (Å²) in [6.07, 6.45) is -0.368. The molecule has 0 aliphatic carbocycles. The molecule has 2 atom stereocenters. The minimum absolute atomic E-state index is 0.0394. The van der Waals surface area contributed by atoms with E-state index in [9.17, 15) is 19.2 Å². The van der Waals surface area contributed by atoms with E-state index in [1.807, 2.05) is 60.7 Å². The number of rotatable bonds is 11. The monoisotopic (exact) mass is 483 g/mol. The van der Waals surface area contributed by atoms with Crippen molar-refractivity contribution >= 4 is 24.3 Å². The summed E-state index contributed by atoms with van der Waals surface area (Å²) in [5.74, 6) is -3.69. The molecular weight excluding hydrogens is 450 g/mol. The first-order valence-electron chi connectivity index (χ1n) is 11.4. The molecule has 1 amide bonds. The Kier molecular flexibility index (Phi) is 10.5. The van der Waals surface area contributed by atoms with Crippen LogP contribution in [0.15, 0.2) is 60.7 Å². The molecule has 0 unspecified atom stereocenters. The van der Waals surface area contributed by atoms with E-state index in [4.69, 9.17) is 14.2 Å². The van der Waals surface area contributed by atoms with E-state index in [2.05, 4.69) is 0 Å². The van der Waals surface area contributed by atoms with Gasteiger partial charge in [-0.05, 0) is 31.9 Å². The van der Waals surface area contributed by atoms with Gasteiger partial charge in [0, 0.05) is 19.5 Å². The number of nitrogens with zero attached hydrogens (tertiary/aromatic N) is 1. The number of amides is 1. The molecule has 0 aromatic heterocycles. The summed E-state index contributed by atoms with van der Waals surface area (Å²) in [6, 6.07) is 18.4. The fraction of sp³-hybridized carbons (Fsp3) is 0.407. The topological polar surface area (TPSA) is 99.2 Å². The van der Waals surface area contributed by atoms with Crippen molar-refractivity contribution in [1.82, 2.24) is 4.90 Å². The third kappa shape index (κ3) is 9.23. The summed E-state index contributed by atoms with van der Waals surface area (Å²) in [7, 11) is 1.19. The van der Waals surface area contributed by atoms with Gasteiger partial charge in [-0.3, -0.25) is 9.59 Å². The number of hydrogen-bond acceptors (Lipinski definition) is 7.